The molecule has 1 aromatic rings. The number of allylic oxidation sites excluding steroid dienone is 5. The molecule has 0 aromatic heterocycles. The van der Waals surface area contributed by atoms with E-state index in [1.807, 2.05) is 44.2 Å². The quantitative estimate of drug-likeness (QED) is 0.681. The minimum atomic E-state index is -0.328. The van der Waals surface area contributed by atoms with E-state index in [-0.39, 0.29) is 18.0 Å². The second kappa shape index (κ2) is 7.96. The van der Waals surface area contributed by atoms with Gasteiger partial charge in [0.15, 0.2) is 0 Å². The van der Waals surface area contributed by atoms with Crippen LogP contribution in [0.2, 0.25) is 0 Å². The molecule has 2 nitrogen and oxygen atoms in total. The molecule has 1 aliphatic rings. The first kappa shape index (κ1) is 17.3. The predicted molar refractivity (Wildman–Crippen MR) is 94.9 cm³/mol. The van der Waals surface area contributed by atoms with Crippen LogP contribution in [0.3, 0.4) is 0 Å². The van der Waals surface area contributed by atoms with Crippen molar-refractivity contribution < 1.29 is 9.53 Å². The lowest BCUT2D eigenvalue weighted by molar-refractivity contribution is -0.151. The van der Waals surface area contributed by atoms with Crippen LogP contribution in [0.5, 0.6) is 0 Å². The standard InChI is InChI=1S/C21H26O2/c1-5-17-11-9-10-14-19(17)16(4)20(23-21(22)15(2)3)18-12-7-6-8-13-18/h6-15,17,20H,5H2,1-4H3/b19-16+. The average molecular weight is 310 g/mol. The Kier molecular flexibility index (Phi) is 5.97. The second-order valence-electron chi connectivity index (χ2n) is 6.28. The van der Waals surface area contributed by atoms with Crippen LogP contribution in [0.1, 0.15) is 45.8 Å². The van der Waals surface area contributed by atoms with Crippen LogP contribution in [0.15, 0.2) is 65.8 Å². The lowest BCUT2D eigenvalue weighted by Gasteiger charge is -2.25. The molecule has 0 radical (unpaired) electrons. The molecule has 2 unspecified atom stereocenters. The first-order valence-corrected chi connectivity index (χ1v) is 8.35. The summed E-state index contributed by atoms with van der Waals surface area (Å²) in [6, 6.07) is 9.98. The Morgan fingerprint density at radius 3 is 2.48 bits per heavy atom. The molecular weight excluding hydrogens is 284 g/mol. The molecule has 0 fully saturated rings. The first-order chi connectivity index (χ1) is 11.0. The van der Waals surface area contributed by atoms with Crippen LogP contribution in [0, 0.1) is 11.8 Å². The van der Waals surface area contributed by atoms with Gasteiger partial charge in [-0.1, -0.05) is 75.4 Å². The lowest BCUT2D eigenvalue weighted by atomic mass is 9.86. The Morgan fingerprint density at radius 1 is 1.17 bits per heavy atom. The van der Waals surface area contributed by atoms with Gasteiger partial charge in [-0.2, -0.15) is 0 Å². The monoisotopic (exact) mass is 310 g/mol. The van der Waals surface area contributed by atoms with E-state index in [0.717, 1.165) is 17.6 Å². The van der Waals surface area contributed by atoms with Gasteiger partial charge in [-0.05, 0) is 30.1 Å². The van der Waals surface area contributed by atoms with Gasteiger partial charge in [0, 0.05) is 5.92 Å². The van der Waals surface area contributed by atoms with Gasteiger partial charge in [0.2, 0.25) is 0 Å². The predicted octanol–water partition coefficient (Wildman–Crippen LogP) is 5.40. The van der Waals surface area contributed by atoms with Crippen molar-refractivity contribution in [3.63, 3.8) is 0 Å². The van der Waals surface area contributed by atoms with Crippen LogP contribution >= 0.6 is 0 Å². The third kappa shape index (κ3) is 4.22. The molecule has 0 aliphatic heterocycles. The Bertz CT molecular complexity index is 621. The normalized spacial score (nSPS) is 20.5. The topological polar surface area (TPSA) is 26.3 Å². The maximum absolute atomic E-state index is 12.2. The van der Waals surface area contributed by atoms with E-state index in [1.54, 1.807) is 0 Å². The zero-order valence-electron chi connectivity index (χ0n) is 14.5. The van der Waals surface area contributed by atoms with E-state index in [1.165, 1.54) is 5.57 Å². The summed E-state index contributed by atoms with van der Waals surface area (Å²) in [6.45, 7) is 7.99. The average Bonchev–Trinajstić information content (AvgIpc) is 2.59. The number of esters is 1. The molecule has 1 aliphatic carbocycles. The lowest BCUT2D eigenvalue weighted by Crippen LogP contribution is -2.19. The summed E-state index contributed by atoms with van der Waals surface area (Å²) in [5.41, 5.74) is 3.38. The van der Waals surface area contributed by atoms with E-state index in [2.05, 4.69) is 38.2 Å². The van der Waals surface area contributed by atoms with Gasteiger partial charge < -0.3 is 4.74 Å². The maximum atomic E-state index is 12.2. The molecule has 2 rings (SSSR count). The highest BCUT2D eigenvalue weighted by molar-refractivity contribution is 5.72. The molecule has 23 heavy (non-hydrogen) atoms. The van der Waals surface area contributed by atoms with Crippen LogP contribution in [-0.2, 0) is 9.53 Å². The molecule has 0 saturated carbocycles. The molecule has 0 spiro atoms. The molecule has 0 saturated heterocycles. The van der Waals surface area contributed by atoms with Crippen molar-refractivity contribution in [2.75, 3.05) is 0 Å². The fourth-order valence-corrected chi connectivity index (χ4v) is 2.80. The minimum absolute atomic E-state index is 0.136. The van der Waals surface area contributed by atoms with Crippen molar-refractivity contribution in [1.29, 1.82) is 0 Å². The Balaban J connectivity index is 2.42. The van der Waals surface area contributed by atoms with Crippen molar-refractivity contribution in [2.45, 2.75) is 40.2 Å². The summed E-state index contributed by atoms with van der Waals surface area (Å²) in [7, 11) is 0. The SMILES string of the molecule is CCC1C=CC=C/C1=C(/C)C(OC(=O)C(C)C)c1ccccc1. The number of benzene rings is 1. The Hall–Kier alpha value is -2.09. The van der Waals surface area contributed by atoms with Gasteiger partial charge >= 0.3 is 5.97 Å². The summed E-state index contributed by atoms with van der Waals surface area (Å²) >= 11 is 0. The number of carbonyl (C=O) groups excluding carboxylic acids is 1. The van der Waals surface area contributed by atoms with Crippen LogP contribution in [0.4, 0.5) is 0 Å². The zero-order chi connectivity index (χ0) is 16.8. The van der Waals surface area contributed by atoms with E-state index < -0.39 is 0 Å². The van der Waals surface area contributed by atoms with Crippen molar-refractivity contribution in [3.05, 3.63) is 71.3 Å². The number of hydrogen-bond acceptors (Lipinski definition) is 2. The maximum Gasteiger partial charge on any atom is 0.309 e. The Labute approximate surface area is 139 Å². The molecule has 0 heterocycles. The molecule has 2 atom stereocenters. The van der Waals surface area contributed by atoms with Crippen LogP contribution in [-0.4, -0.2) is 5.97 Å². The van der Waals surface area contributed by atoms with E-state index in [9.17, 15) is 4.79 Å². The van der Waals surface area contributed by atoms with Gasteiger partial charge in [-0.3, -0.25) is 4.79 Å². The molecule has 0 N–H and O–H groups in total. The highest BCUT2D eigenvalue weighted by Gasteiger charge is 2.24. The number of ether oxygens (including phenoxy) is 1. The number of rotatable bonds is 5. The summed E-state index contributed by atoms with van der Waals surface area (Å²) in [5, 5.41) is 0. The van der Waals surface area contributed by atoms with E-state index >= 15 is 0 Å². The molecule has 0 amide bonds. The molecular formula is C21H26O2. The summed E-state index contributed by atoms with van der Waals surface area (Å²) in [4.78, 5) is 12.2. The van der Waals surface area contributed by atoms with E-state index in [0.29, 0.717) is 5.92 Å². The van der Waals surface area contributed by atoms with Gasteiger partial charge in [-0.25, -0.2) is 0 Å². The largest absolute Gasteiger partial charge is 0.453 e. The third-order valence-electron chi connectivity index (χ3n) is 4.23. The smallest absolute Gasteiger partial charge is 0.309 e. The second-order valence-corrected chi connectivity index (χ2v) is 6.28. The van der Waals surface area contributed by atoms with E-state index in [4.69, 9.17) is 4.74 Å². The Morgan fingerprint density at radius 2 is 1.87 bits per heavy atom. The van der Waals surface area contributed by atoms with Crippen molar-refractivity contribution in [2.24, 2.45) is 11.8 Å². The van der Waals surface area contributed by atoms with Gasteiger partial charge in [0.25, 0.3) is 0 Å². The molecule has 0 bridgehead atoms. The molecule has 122 valence electrons. The minimum Gasteiger partial charge on any atom is -0.453 e. The summed E-state index contributed by atoms with van der Waals surface area (Å²) in [5.74, 6) is 0.0777. The molecule has 2 heteroatoms. The highest BCUT2D eigenvalue weighted by Crippen LogP contribution is 2.34. The summed E-state index contributed by atoms with van der Waals surface area (Å²) < 4.78 is 5.85. The van der Waals surface area contributed by atoms with Gasteiger partial charge in [-0.15, -0.1) is 0 Å². The number of hydrogen-bond donors (Lipinski definition) is 0. The zero-order valence-corrected chi connectivity index (χ0v) is 14.5. The molecule has 1 aromatic carbocycles. The third-order valence-corrected chi connectivity index (χ3v) is 4.23. The summed E-state index contributed by atoms with van der Waals surface area (Å²) in [6.07, 6.45) is 9.20. The van der Waals surface area contributed by atoms with Gasteiger partial charge in [0.05, 0.1) is 5.92 Å². The van der Waals surface area contributed by atoms with Gasteiger partial charge in [0.1, 0.15) is 6.10 Å². The number of carbonyl (C=O) groups is 1. The van der Waals surface area contributed by atoms with Crippen molar-refractivity contribution >= 4 is 5.97 Å². The van der Waals surface area contributed by atoms with Crippen molar-refractivity contribution in [3.8, 4) is 0 Å². The highest BCUT2D eigenvalue weighted by atomic mass is 16.5. The van der Waals surface area contributed by atoms with Crippen LogP contribution in [0.25, 0.3) is 0 Å². The first-order valence-electron chi connectivity index (χ1n) is 8.35. The van der Waals surface area contributed by atoms with Crippen molar-refractivity contribution in [1.82, 2.24) is 0 Å². The fraction of sp³-hybridized carbons (Fsp3) is 0.381. The fourth-order valence-electron chi connectivity index (χ4n) is 2.80. The van der Waals surface area contributed by atoms with Crippen LogP contribution < -0.4 is 0 Å².